The fraction of sp³-hybridized carbons (Fsp3) is 0.182. The van der Waals surface area contributed by atoms with Gasteiger partial charge in [0, 0.05) is 5.56 Å². The van der Waals surface area contributed by atoms with Crippen molar-refractivity contribution < 1.29 is 19.7 Å². The molecule has 0 bridgehead atoms. The van der Waals surface area contributed by atoms with Gasteiger partial charge in [0.15, 0.2) is 11.5 Å². The average Bonchev–Trinajstić information content (AvgIpc) is 2.80. The molecule has 1 aromatic carbocycles. The van der Waals surface area contributed by atoms with E-state index in [9.17, 15) is 9.90 Å². The van der Waals surface area contributed by atoms with Crippen LogP contribution in [0.2, 0.25) is 0 Å². The number of phenols is 2. The summed E-state index contributed by atoms with van der Waals surface area (Å²) in [5.74, 6) is -1.05. The van der Waals surface area contributed by atoms with Gasteiger partial charge >= 0.3 is 6.01 Å². The van der Waals surface area contributed by atoms with Crippen LogP contribution < -0.4 is 10.1 Å². The lowest BCUT2D eigenvalue weighted by Gasteiger charge is -2.03. The minimum absolute atomic E-state index is 0.126. The Kier molecular flexibility index (Phi) is 3.51. The third-order valence-electron chi connectivity index (χ3n) is 2.21. The number of rotatable bonds is 4. The smallest absolute Gasteiger partial charge is 0.337 e. The number of ether oxygens (including phenoxy) is 1. The maximum Gasteiger partial charge on any atom is 0.337 e. The van der Waals surface area contributed by atoms with E-state index in [1.807, 2.05) is 0 Å². The van der Waals surface area contributed by atoms with Crippen molar-refractivity contribution in [2.24, 2.45) is 0 Å². The zero-order valence-corrected chi connectivity index (χ0v) is 10.0. The van der Waals surface area contributed by atoms with E-state index in [0.29, 0.717) is 6.61 Å². The predicted molar refractivity (Wildman–Crippen MR) is 65.3 cm³/mol. The summed E-state index contributed by atoms with van der Waals surface area (Å²) in [6.07, 6.45) is 0. The van der Waals surface area contributed by atoms with E-state index in [0.717, 1.165) is 6.07 Å². The number of H-pyrrole nitrogens is 1. The SMILES string of the molecule is CCOc1n[nH]c(NC(=O)c2ccc(O)c(O)c2)n1. The van der Waals surface area contributed by atoms with E-state index in [1.54, 1.807) is 6.92 Å². The molecule has 4 N–H and O–H groups in total. The van der Waals surface area contributed by atoms with Crippen LogP contribution >= 0.6 is 0 Å². The van der Waals surface area contributed by atoms with Crippen molar-refractivity contribution in [3.63, 3.8) is 0 Å². The lowest BCUT2D eigenvalue weighted by Crippen LogP contribution is -2.12. The molecule has 0 aliphatic rings. The predicted octanol–water partition coefficient (Wildman–Crippen LogP) is 0.867. The molecule has 19 heavy (non-hydrogen) atoms. The molecule has 0 radical (unpaired) electrons. The highest BCUT2D eigenvalue weighted by Crippen LogP contribution is 2.25. The summed E-state index contributed by atoms with van der Waals surface area (Å²) >= 11 is 0. The first-order valence-corrected chi connectivity index (χ1v) is 5.48. The first-order valence-electron chi connectivity index (χ1n) is 5.48. The van der Waals surface area contributed by atoms with Gasteiger partial charge in [-0.3, -0.25) is 10.1 Å². The molecular weight excluding hydrogens is 252 g/mol. The quantitative estimate of drug-likeness (QED) is 0.608. The summed E-state index contributed by atoms with van der Waals surface area (Å²) in [7, 11) is 0. The van der Waals surface area contributed by atoms with Crippen LogP contribution in [0.15, 0.2) is 18.2 Å². The highest BCUT2D eigenvalue weighted by molar-refractivity contribution is 6.03. The third-order valence-corrected chi connectivity index (χ3v) is 2.21. The highest BCUT2D eigenvalue weighted by Gasteiger charge is 2.11. The summed E-state index contributed by atoms with van der Waals surface area (Å²) in [5, 5.41) is 27.1. The van der Waals surface area contributed by atoms with Crippen molar-refractivity contribution in [3.05, 3.63) is 23.8 Å². The second-order valence-electron chi connectivity index (χ2n) is 3.56. The van der Waals surface area contributed by atoms with E-state index < -0.39 is 5.91 Å². The lowest BCUT2D eigenvalue weighted by molar-refractivity contribution is 0.102. The summed E-state index contributed by atoms with van der Waals surface area (Å²) < 4.78 is 5.03. The molecule has 2 rings (SSSR count). The number of aromatic nitrogens is 3. The number of aromatic hydroxyl groups is 2. The van der Waals surface area contributed by atoms with Gasteiger partial charge in [0.05, 0.1) is 6.61 Å². The second kappa shape index (κ2) is 5.25. The first-order chi connectivity index (χ1) is 9.10. The minimum atomic E-state index is -0.505. The third kappa shape index (κ3) is 2.92. The van der Waals surface area contributed by atoms with Gasteiger partial charge in [0.25, 0.3) is 5.91 Å². The Balaban J connectivity index is 2.09. The first kappa shape index (κ1) is 12.7. The van der Waals surface area contributed by atoms with Gasteiger partial charge in [0.2, 0.25) is 5.95 Å². The average molecular weight is 264 g/mol. The molecule has 1 amide bonds. The van der Waals surface area contributed by atoms with Crippen LogP contribution in [0.4, 0.5) is 5.95 Å². The number of benzene rings is 1. The molecule has 0 spiro atoms. The van der Waals surface area contributed by atoms with Crippen molar-refractivity contribution in [1.82, 2.24) is 15.2 Å². The van der Waals surface area contributed by atoms with Crippen molar-refractivity contribution >= 4 is 11.9 Å². The number of carbonyl (C=O) groups is 1. The summed E-state index contributed by atoms with van der Waals surface area (Å²) in [6.45, 7) is 2.20. The molecule has 0 fully saturated rings. The molecule has 0 atom stereocenters. The number of phenolic OH excluding ortho intramolecular Hbond substituents is 2. The van der Waals surface area contributed by atoms with E-state index >= 15 is 0 Å². The molecule has 1 heterocycles. The van der Waals surface area contributed by atoms with Crippen molar-refractivity contribution in [1.29, 1.82) is 0 Å². The van der Waals surface area contributed by atoms with Crippen molar-refractivity contribution in [2.45, 2.75) is 6.92 Å². The standard InChI is InChI=1S/C11H12N4O4/c1-2-19-11-13-10(14-15-11)12-9(18)6-3-4-7(16)8(17)5-6/h3-5,16-17H,2H2,1H3,(H2,12,13,14,15,18). The van der Waals surface area contributed by atoms with Crippen LogP contribution in [0.25, 0.3) is 0 Å². The number of carbonyl (C=O) groups excluding carboxylic acids is 1. The van der Waals surface area contributed by atoms with Crippen LogP contribution in [-0.4, -0.2) is 37.9 Å². The van der Waals surface area contributed by atoms with Crippen LogP contribution in [0.5, 0.6) is 17.5 Å². The number of anilines is 1. The van der Waals surface area contributed by atoms with E-state index in [4.69, 9.17) is 9.84 Å². The molecule has 2 aromatic rings. The van der Waals surface area contributed by atoms with Crippen molar-refractivity contribution in [2.75, 3.05) is 11.9 Å². The molecule has 0 aliphatic heterocycles. The van der Waals surface area contributed by atoms with Gasteiger partial charge in [-0.25, -0.2) is 5.10 Å². The molecule has 1 aromatic heterocycles. The summed E-state index contributed by atoms with van der Waals surface area (Å²) in [4.78, 5) is 15.7. The zero-order chi connectivity index (χ0) is 13.8. The Labute approximate surface area is 108 Å². The zero-order valence-electron chi connectivity index (χ0n) is 10.0. The van der Waals surface area contributed by atoms with Gasteiger partial charge in [-0.1, -0.05) is 0 Å². The number of aromatic amines is 1. The molecule has 0 saturated carbocycles. The highest BCUT2D eigenvalue weighted by atomic mass is 16.5. The fourth-order valence-electron chi connectivity index (χ4n) is 1.34. The van der Waals surface area contributed by atoms with Gasteiger partial charge in [-0.2, -0.15) is 4.98 Å². The Morgan fingerprint density at radius 3 is 2.89 bits per heavy atom. The second-order valence-corrected chi connectivity index (χ2v) is 3.56. The maximum atomic E-state index is 11.8. The molecule has 8 heteroatoms. The summed E-state index contributed by atoms with van der Waals surface area (Å²) in [5.41, 5.74) is 0.171. The summed E-state index contributed by atoms with van der Waals surface area (Å²) in [6, 6.07) is 3.86. The van der Waals surface area contributed by atoms with Gasteiger partial charge in [-0.15, -0.1) is 5.10 Å². The monoisotopic (exact) mass is 264 g/mol. The largest absolute Gasteiger partial charge is 0.504 e. The van der Waals surface area contributed by atoms with Crippen LogP contribution in [0, 0.1) is 0 Å². The van der Waals surface area contributed by atoms with E-state index in [-0.39, 0.29) is 29.0 Å². The molecule has 0 saturated heterocycles. The van der Waals surface area contributed by atoms with Crippen LogP contribution in [-0.2, 0) is 0 Å². The van der Waals surface area contributed by atoms with Gasteiger partial charge in [-0.05, 0) is 25.1 Å². The number of hydrogen-bond donors (Lipinski definition) is 4. The molecule has 100 valence electrons. The Bertz CT molecular complexity index is 596. The lowest BCUT2D eigenvalue weighted by atomic mass is 10.2. The molecule has 0 unspecified atom stereocenters. The molecule has 8 nitrogen and oxygen atoms in total. The van der Waals surface area contributed by atoms with Crippen molar-refractivity contribution in [3.8, 4) is 17.5 Å². The minimum Gasteiger partial charge on any atom is -0.504 e. The number of nitrogens with zero attached hydrogens (tertiary/aromatic N) is 2. The van der Waals surface area contributed by atoms with Gasteiger partial charge in [0.1, 0.15) is 0 Å². The number of amides is 1. The van der Waals surface area contributed by atoms with E-state index in [1.165, 1.54) is 12.1 Å². The maximum absolute atomic E-state index is 11.8. The van der Waals surface area contributed by atoms with Crippen LogP contribution in [0.1, 0.15) is 17.3 Å². The van der Waals surface area contributed by atoms with Gasteiger partial charge < -0.3 is 14.9 Å². The Hall–Kier alpha value is -2.77. The topological polar surface area (TPSA) is 120 Å². The molecule has 0 aliphatic carbocycles. The van der Waals surface area contributed by atoms with Crippen LogP contribution in [0.3, 0.4) is 0 Å². The normalized spacial score (nSPS) is 10.2. The Morgan fingerprint density at radius 1 is 1.42 bits per heavy atom. The fourth-order valence-corrected chi connectivity index (χ4v) is 1.34. The number of nitrogens with one attached hydrogen (secondary N) is 2. The van der Waals surface area contributed by atoms with E-state index in [2.05, 4.69) is 20.5 Å². The Morgan fingerprint density at radius 2 is 2.21 bits per heavy atom. The molecular formula is C11H12N4O4. The number of hydrogen-bond acceptors (Lipinski definition) is 6.